The summed E-state index contributed by atoms with van der Waals surface area (Å²) in [4.78, 5) is 28.9. The molecule has 46 heavy (non-hydrogen) atoms. The topological polar surface area (TPSA) is 151 Å². The number of nitrogens with zero attached hydrogens (tertiary/aromatic N) is 1. The second kappa shape index (κ2) is 14.8. The Morgan fingerprint density at radius 3 is 2.28 bits per heavy atom. The van der Waals surface area contributed by atoms with Crippen LogP contribution in [0.15, 0.2) is 22.8 Å². The van der Waals surface area contributed by atoms with E-state index in [-0.39, 0.29) is 52.0 Å². The fourth-order valence-electron chi connectivity index (χ4n) is 10.9. The lowest BCUT2D eigenvalue weighted by Gasteiger charge is -2.69. The third-order valence-corrected chi connectivity index (χ3v) is 13.2. The van der Waals surface area contributed by atoms with Crippen molar-refractivity contribution >= 4 is 11.9 Å². The number of esters is 1. The molecule has 4 saturated carbocycles. The van der Waals surface area contributed by atoms with E-state index in [4.69, 9.17) is 16.2 Å². The number of nitrogens with two attached hydrogens (primary N) is 2. The van der Waals surface area contributed by atoms with Gasteiger partial charge in [0, 0.05) is 51.8 Å². The number of aliphatic hydroxyl groups is 2. The van der Waals surface area contributed by atoms with Crippen LogP contribution in [0.1, 0.15) is 99.8 Å². The van der Waals surface area contributed by atoms with Crippen molar-refractivity contribution in [3.8, 4) is 0 Å². The molecule has 0 radical (unpaired) electrons. The highest BCUT2D eigenvalue weighted by molar-refractivity contribution is 5.94. The first-order chi connectivity index (χ1) is 21.6. The summed E-state index contributed by atoms with van der Waals surface area (Å²) in [6.45, 7) is 18.4. The quantitative estimate of drug-likeness (QED) is 0.122. The van der Waals surface area contributed by atoms with Crippen LogP contribution in [0.25, 0.3) is 0 Å². The van der Waals surface area contributed by atoms with Crippen LogP contribution in [-0.4, -0.2) is 84.6 Å². The molecule has 1 amide bonds. The van der Waals surface area contributed by atoms with Crippen molar-refractivity contribution in [2.45, 2.75) is 118 Å². The van der Waals surface area contributed by atoms with Gasteiger partial charge in [-0.15, -0.1) is 0 Å². The van der Waals surface area contributed by atoms with Gasteiger partial charge < -0.3 is 31.7 Å². The molecule has 0 aromatic rings. The molecule has 10 atom stereocenters. The Labute approximate surface area is 277 Å². The molecule has 4 aliphatic rings. The van der Waals surface area contributed by atoms with Crippen LogP contribution in [0, 0.1) is 39.9 Å². The third kappa shape index (κ3) is 6.87. The summed E-state index contributed by atoms with van der Waals surface area (Å²) in [6.07, 6.45) is 6.85. The maximum atomic E-state index is 14.2. The molecule has 3 unspecified atom stereocenters. The van der Waals surface area contributed by atoms with Crippen molar-refractivity contribution in [2.24, 2.45) is 51.4 Å². The molecule has 0 spiro atoms. The van der Waals surface area contributed by atoms with Gasteiger partial charge in [0.2, 0.25) is 5.91 Å². The summed E-state index contributed by atoms with van der Waals surface area (Å²) in [5, 5.41) is 26.2. The number of fused-ring (bicyclic) bond motifs is 5. The summed E-state index contributed by atoms with van der Waals surface area (Å²) in [7, 11) is 0. The lowest BCUT2D eigenvalue weighted by molar-refractivity contribution is -0.234. The maximum absolute atomic E-state index is 14.2. The second-order valence-electron chi connectivity index (χ2n) is 16.0. The lowest BCUT2D eigenvalue weighted by Crippen LogP contribution is -2.65. The molecule has 0 saturated heterocycles. The van der Waals surface area contributed by atoms with Gasteiger partial charge in [0.05, 0.1) is 12.2 Å². The van der Waals surface area contributed by atoms with E-state index in [0.717, 1.165) is 31.3 Å². The van der Waals surface area contributed by atoms with Gasteiger partial charge in [0.15, 0.2) is 0 Å². The number of carbonyl (C=O) groups is 2. The molecule has 4 rings (SSSR count). The first-order valence-electron chi connectivity index (χ1n) is 17.9. The summed E-state index contributed by atoms with van der Waals surface area (Å²) in [5.41, 5.74) is 13.8. The number of ether oxygens (including phenoxy) is 1. The van der Waals surface area contributed by atoms with Gasteiger partial charge in [-0.25, -0.2) is 0 Å². The molecular weight excluding hydrogens is 580 g/mol. The van der Waals surface area contributed by atoms with Crippen molar-refractivity contribution in [1.82, 2.24) is 10.2 Å². The highest BCUT2D eigenvalue weighted by atomic mass is 16.5. The van der Waals surface area contributed by atoms with Crippen molar-refractivity contribution < 1.29 is 24.5 Å². The van der Waals surface area contributed by atoms with E-state index in [0.29, 0.717) is 76.4 Å². The average molecular weight is 645 g/mol. The summed E-state index contributed by atoms with van der Waals surface area (Å²) in [5.74, 6) is 0.0651. The van der Waals surface area contributed by atoms with Gasteiger partial charge in [-0.2, -0.15) is 0 Å². The number of amides is 1. The molecule has 4 fully saturated rings. The third-order valence-electron chi connectivity index (χ3n) is 13.2. The normalized spacial score (nSPS) is 39.6. The minimum Gasteiger partial charge on any atom is -0.458 e. The standard InChI is InChI=1S/C37H64N4O5/c1-23(2)9-8-10-26(34(45)40-17-20-41(18-15-38)19-16-39)32-28-21-30(44)33-35(5)13-12-29(43)24(3)27(35)11-14-36(33,6)37(28,7)22-31(32)46-25(4)42/h9,24,27-31,33,43-44H,8,10-22,38-39H2,1-7H3,(H,40,45)/t24-,27?,28?,29+,30+,31-,33?,35-,36-,37-/m0/s1. The Hall–Kier alpha value is -1.78. The average Bonchev–Trinajstić information content (AvgIpc) is 3.24. The van der Waals surface area contributed by atoms with Crippen molar-refractivity contribution in [3.05, 3.63) is 22.8 Å². The fourth-order valence-corrected chi connectivity index (χ4v) is 10.9. The largest absolute Gasteiger partial charge is 0.458 e. The zero-order valence-corrected chi connectivity index (χ0v) is 29.7. The number of aliphatic hydroxyl groups excluding tert-OH is 2. The van der Waals surface area contributed by atoms with Crippen molar-refractivity contribution in [2.75, 3.05) is 39.3 Å². The van der Waals surface area contributed by atoms with E-state index < -0.39 is 12.2 Å². The predicted octanol–water partition coefficient (Wildman–Crippen LogP) is 3.92. The SMILES string of the molecule is CC(=O)O[C@H]1C[C@@]2(C)C(C[C@@H](O)C3[C@@]4(C)CC[C@@H](O)[C@@H](C)C4CC[C@@]32C)C1=C(CCC=C(C)C)C(=O)NCCN(CCN)CCN. The first kappa shape index (κ1) is 37.0. The highest BCUT2D eigenvalue weighted by Gasteiger charge is 2.70. The van der Waals surface area contributed by atoms with Crippen LogP contribution < -0.4 is 16.8 Å². The first-order valence-corrected chi connectivity index (χ1v) is 17.9. The minimum absolute atomic E-state index is 0.0614. The Bertz CT molecular complexity index is 1160. The summed E-state index contributed by atoms with van der Waals surface area (Å²) < 4.78 is 6.13. The van der Waals surface area contributed by atoms with Gasteiger partial charge in [-0.05, 0) is 111 Å². The Morgan fingerprint density at radius 2 is 1.67 bits per heavy atom. The molecular formula is C37H64N4O5. The molecule has 9 heteroatoms. The van der Waals surface area contributed by atoms with Gasteiger partial charge in [-0.3, -0.25) is 14.5 Å². The van der Waals surface area contributed by atoms with E-state index in [1.165, 1.54) is 12.5 Å². The molecule has 4 aliphatic carbocycles. The van der Waals surface area contributed by atoms with E-state index in [1.807, 2.05) is 0 Å². The summed E-state index contributed by atoms with van der Waals surface area (Å²) >= 11 is 0. The van der Waals surface area contributed by atoms with Gasteiger partial charge >= 0.3 is 5.97 Å². The zero-order valence-electron chi connectivity index (χ0n) is 29.7. The van der Waals surface area contributed by atoms with Gasteiger partial charge in [0.1, 0.15) is 6.10 Å². The van der Waals surface area contributed by atoms with Gasteiger partial charge in [-0.1, -0.05) is 39.3 Å². The number of allylic oxidation sites excluding steroid dienone is 2. The summed E-state index contributed by atoms with van der Waals surface area (Å²) in [6, 6.07) is 0. The number of carbonyl (C=O) groups excluding carboxylic acids is 2. The number of rotatable bonds is 12. The van der Waals surface area contributed by atoms with Crippen LogP contribution in [-0.2, 0) is 14.3 Å². The van der Waals surface area contributed by atoms with Gasteiger partial charge in [0.25, 0.3) is 0 Å². The Morgan fingerprint density at radius 1 is 1.00 bits per heavy atom. The smallest absolute Gasteiger partial charge is 0.303 e. The van der Waals surface area contributed by atoms with Crippen LogP contribution in [0.5, 0.6) is 0 Å². The van der Waals surface area contributed by atoms with Crippen molar-refractivity contribution in [1.29, 1.82) is 0 Å². The Balaban J connectivity index is 1.75. The van der Waals surface area contributed by atoms with E-state index >= 15 is 0 Å². The second-order valence-corrected chi connectivity index (χ2v) is 16.0. The lowest BCUT2D eigenvalue weighted by atomic mass is 9.36. The Kier molecular flexibility index (Phi) is 11.9. The minimum atomic E-state index is -0.549. The van der Waals surface area contributed by atoms with Crippen molar-refractivity contribution in [3.63, 3.8) is 0 Å². The molecule has 262 valence electrons. The maximum Gasteiger partial charge on any atom is 0.303 e. The molecule has 0 bridgehead atoms. The molecule has 0 aliphatic heterocycles. The number of hydrogen-bond donors (Lipinski definition) is 5. The molecule has 0 heterocycles. The fraction of sp³-hybridized carbons (Fsp3) is 0.838. The number of nitrogens with one attached hydrogen (secondary N) is 1. The van der Waals surface area contributed by atoms with E-state index in [9.17, 15) is 19.8 Å². The zero-order chi connectivity index (χ0) is 34.0. The van der Waals surface area contributed by atoms with Crippen LogP contribution >= 0.6 is 0 Å². The number of hydrogen-bond acceptors (Lipinski definition) is 8. The van der Waals surface area contributed by atoms with E-state index in [1.54, 1.807) is 0 Å². The molecule has 9 nitrogen and oxygen atoms in total. The van der Waals surface area contributed by atoms with E-state index in [2.05, 4.69) is 57.8 Å². The molecule has 7 N–H and O–H groups in total. The highest BCUT2D eigenvalue weighted by Crippen LogP contribution is 2.74. The molecule has 0 aromatic heterocycles. The predicted molar refractivity (Wildman–Crippen MR) is 182 cm³/mol. The van der Waals surface area contributed by atoms with Crippen LogP contribution in [0.2, 0.25) is 0 Å². The molecule has 0 aromatic carbocycles. The van der Waals surface area contributed by atoms with Crippen LogP contribution in [0.4, 0.5) is 0 Å². The monoisotopic (exact) mass is 644 g/mol. The van der Waals surface area contributed by atoms with Crippen LogP contribution in [0.3, 0.4) is 0 Å².